The Morgan fingerprint density at radius 2 is 1.06 bits per heavy atom. The van der Waals surface area contributed by atoms with E-state index in [2.05, 4.69) is 139 Å². The fourth-order valence-electron chi connectivity index (χ4n) is 8.97. The van der Waals surface area contributed by atoms with Crippen molar-refractivity contribution in [1.29, 1.82) is 0 Å². The number of fused-ring (bicyclic) bond motifs is 2. The largest absolute Gasteiger partial charge is 0.369 e. The third-order valence-corrected chi connectivity index (χ3v) is 14.4. The molecular formula is C56H66Br2N16O5. The molecule has 0 spiro atoms. The number of unbranched alkanes of at least 4 members (excludes halogenated alkanes) is 4. The van der Waals surface area contributed by atoms with Gasteiger partial charge in [0.1, 0.15) is 17.7 Å². The summed E-state index contributed by atoms with van der Waals surface area (Å²) < 4.78 is 1.67. The van der Waals surface area contributed by atoms with Crippen molar-refractivity contribution in [2.45, 2.75) is 66.2 Å². The molecular weight excluding hydrogens is 1140 g/mol. The average Bonchev–Trinajstić information content (AvgIpc) is 4.41. The van der Waals surface area contributed by atoms with Crippen molar-refractivity contribution in [3.63, 3.8) is 0 Å². The first kappa shape index (κ1) is 57.4. The number of aromatic nitrogens is 8. The molecule has 6 heterocycles. The molecule has 2 aliphatic heterocycles. The van der Waals surface area contributed by atoms with Gasteiger partial charge in [-0.25, -0.2) is 19.9 Å². The first-order valence-corrected chi connectivity index (χ1v) is 28.1. The van der Waals surface area contributed by atoms with E-state index in [-0.39, 0.29) is 22.8 Å². The highest BCUT2D eigenvalue weighted by Gasteiger charge is 2.25. The Morgan fingerprint density at radius 1 is 0.582 bits per heavy atom. The monoisotopic (exact) mass is 1200 g/mol. The lowest BCUT2D eigenvalue weighted by molar-refractivity contribution is -0.107. The van der Waals surface area contributed by atoms with Crippen LogP contribution in [-0.4, -0.2) is 134 Å². The van der Waals surface area contributed by atoms with Crippen molar-refractivity contribution in [2.24, 2.45) is 0 Å². The van der Waals surface area contributed by atoms with E-state index in [0.717, 1.165) is 131 Å². The number of carbonyl (C=O) groups excluding carboxylic acids is 5. The minimum Gasteiger partial charge on any atom is -0.369 e. The third kappa shape index (κ3) is 15.3. The standard InChI is InChI=1S/C28H33BrN8O2.C23H23BrN8O2.C5H10O/c1-3-4-5-10-36-11-13-37(14-12-36)20-8-9-21-23(16-20)34-28(33-21)35-27(39)25-24(30-17-31-25)26(38)32-22-15-19(29)7-6-18(22)2;1-13-2-3-14(24)10-17(13)28-21(33)19-20(27-12-26-19)22(34)31-23-29-16-5-4-15(11-18(16)30-23)32-8-6-25-7-9-32;1-2-3-4-5-6/h6-9,15-17H,3-5,10-14H2,1-2H3,(H,30,31)(H,32,38)(H2,33,34,35,39);2-5,10-12,25H,6-9H2,1H3,(H,26,27)(H,28,33)(H2,29,30,31,34);5H,2-4H2,1H3. The summed E-state index contributed by atoms with van der Waals surface area (Å²) in [5.41, 5.74) is 8.52. The molecule has 414 valence electrons. The van der Waals surface area contributed by atoms with Gasteiger partial charge >= 0.3 is 0 Å². The lowest BCUT2D eigenvalue weighted by Gasteiger charge is -2.36. The molecule has 2 saturated heterocycles. The van der Waals surface area contributed by atoms with Crippen LogP contribution < -0.4 is 36.4 Å². The first-order chi connectivity index (χ1) is 38.3. The van der Waals surface area contributed by atoms with Gasteiger partial charge in [0.05, 0.1) is 34.7 Å². The number of aldehydes is 1. The zero-order valence-corrected chi connectivity index (χ0v) is 47.9. The van der Waals surface area contributed by atoms with Crippen LogP contribution >= 0.6 is 31.9 Å². The van der Waals surface area contributed by atoms with Crippen LogP contribution in [0.4, 0.5) is 34.6 Å². The molecule has 23 heteroatoms. The number of H-pyrrole nitrogens is 4. The maximum atomic E-state index is 13.0. The number of halogens is 2. The van der Waals surface area contributed by atoms with Crippen LogP contribution in [0, 0.1) is 13.8 Å². The number of nitrogens with zero attached hydrogens (tertiary/aromatic N) is 7. The molecule has 10 rings (SSSR count). The number of aromatic amines is 4. The molecule has 0 radical (unpaired) electrons. The van der Waals surface area contributed by atoms with E-state index in [1.54, 1.807) is 12.1 Å². The molecule has 79 heavy (non-hydrogen) atoms. The Bertz CT molecular complexity index is 3390. The molecule has 0 aliphatic carbocycles. The number of nitrogens with one attached hydrogen (secondary N) is 9. The summed E-state index contributed by atoms with van der Waals surface area (Å²) >= 11 is 6.81. The number of hydrogen-bond donors (Lipinski definition) is 9. The SMILES string of the molecule is CCCCC=O.CCCCCN1CCN(c2ccc3nc(NC(=O)c4[nH]cnc4C(=O)Nc4cc(Br)ccc4C)[nH]c3c2)CC1.Cc1ccc(Br)cc1NC(=O)c1nc[nH]c1C(=O)Nc1nc2ccc(N3CCNCC3)cc2[nH]1. The van der Waals surface area contributed by atoms with Crippen LogP contribution in [-0.2, 0) is 4.79 Å². The number of amides is 4. The number of rotatable bonds is 17. The molecule has 4 aromatic heterocycles. The highest BCUT2D eigenvalue weighted by Crippen LogP contribution is 2.27. The van der Waals surface area contributed by atoms with Gasteiger partial charge in [0.15, 0.2) is 11.4 Å². The van der Waals surface area contributed by atoms with Gasteiger partial charge in [-0.3, -0.25) is 34.7 Å². The number of benzene rings is 4. The number of carbonyl (C=O) groups is 5. The van der Waals surface area contributed by atoms with Gasteiger partial charge in [0.25, 0.3) is 23.6 Å². The maximum absolute atomic E-state index is 13.0. The van der Waals surface area contributed by atoms with Gasteiger partial charge in [-0.05, 0) is 105 Å². The zero-order chi connectivity index (χ0) is 55.8. The minimum absolute atomic E-state index is 0.000825. The van der Waals surface area contributed by atoms with Crippen LogP contribution in [0.5, 0.6) is 0 Å². The Hall–Kier alpha value is -7.73. The van der Waals surface area contributed by atoms with Crippen molar-refractivity contribution >= 4 is 118 Å². The second-order valence-corrected chi connectivity index (χ2v) is 21.0. The molecule has 8 aromatic rings. The van der Waals surface area contributed by atoms with Gasteiger partial charge in [-0.1, -0.05) is 77.1 Å². The van der Waals surface area contributed by atoms with E-state index in [0.29, 0.717) is 23.3 Å². The van der Waals surface area contributed by atoms with E-state index in [4.69, 9.17) is 0 Å². The van der Waals surface area contributed by atoms with Crippen LogP contribution in [0.25, 0.3) is 22.1 Å². The summed E-state index contributed by atoms with van der Waals surface area (Å²) in [4.78, 5) is 97.5. The summed E-state index contributed by atoms with van der Waals surface area (Å²) in [7, 11) is 0. The molecule has 0 saturated carbocycles. The van der Waals surface area contributed by atoms with Crippen molar-refractivity contribution in [1.82, 2.24) is 50.1 Å². The molecule has 0 unspecified atom stereocenters. The van der Waals surface area contributed by atoms with E-state index in [9.17, 15) is 24.0 Å². The number of hydrogen-bond acceptors (Lipinski definition) is 13. The fourth-order valence-corrected chi connectivity index (χ4v) is 9.69. The summed E-state index contributed by atoms with van der Waals surface area (Å²) in [5.74, 6) is -1.41. The van der Waals surface area contributed by atoms with E-state index in [1.165, 1.54) is 38.5 Å². The molecule has 21 nitrogen and oxygen atoms in total. The van der Waals surface area contributed by atoms with Gasteiger partial charge in [0.2, 0.25) is 11.9 Å². The third-order valence-electron chi connectivity index (χ3n) is 13.4. The molecule has 4 aromatic carbocycles. The highest BCUT2D eigenvalue weighted by atomic mass is 79.9. The number of imidazole rings is 4. The summed E-state index contributed by atoms with van der Waals surface area (Å²) in [6, 6.07) is 23.2. The molecule has 0 atom stereocenters. The Balaban J connectivity index is 0.000000190. The normalized spacial score (nSPS) is 13.5. The number of aryl methyl sites for hydroxylation is 2. The maximum Gasteiger partial charge on any atom is 0.276 e. The van der Waals surface area contributed by atoms with Crippen LogP contribution in [0.1, 0.15) is 105 Å². The molecule has 4 amide bonds. The topological polar surface area (TPSA) is 270 Å². The predicted molar refractivity (Wildman–Crippen MR) is 318 cm³/mol. The second-order valence-electron chi connectivity index (χ2n) is 19.1. The lowest BCUT2D eigenvalue weighted by atomic mass is 10.2. The van der Waals surface area contributed by atoms with Crippen molar-refractivity contribution in [2.75, 3.05) is 90.0 Å². The first-order valence-electron chi connectivity index (χ1n) is 26.5. The van der Waals surface area contributed by atoms with Crippen molar-refractivity contribution in [3.05, 3.63) is 128 Å². The molecule has 0 bridgehead atoms. The van der Waals surface area contributed by atoms with Gasteiger partial charge in [0, 0.05) is 90.5 Å². The molecule has 9 N–H and O–H groups in total. The van der Waals surface area contributed by atoms with Gasteiger partial charge in [-0.15, -0.1) is 0 Å². The fraction of sp³-hybridized carbons (Fsp3) is 0.339. The summed E-state index contributed by atoms with van der Waals surface area (Å²) in [6.45, 7) is 17.1. The van der Waals surface area contributed by atoms with Crippen LogP contribution in [0.2, 0.25) is 0 Å². The second kappa shape index (κ2) is 27.7. The Labute approximate surface area is 474 Å². The molecule has 2 aliphatic rings. The average molecular weight is 1200 g/mol. The van der Waals surface area contributed by atoms with E-state index in [1.807, 2.05) is 62.4 Å². The van der Waals surface area contributed by atoms with E-state index >= 15 is 0 Å². The Kier molecular flexibility index (Phi) is 20.2. The quantitative estimate of drug-likeness (QED) is 0.0304. The van der Waals surface area contributed by atoms with Crippen LogP contribution in [0.15, 0.2) is 94.4 Å². The van der Waals surface area contributed by atoms with Crippen molar-refractivity contribution in [3.8, 4) is 0 Å². The summed E-state index contributed by atoms with van der Waals surface area (Å²) in [6.07, 6.45) is 10.3. The van der Waals surface area contributed by atoms with Crippen LogP contribution in [0.3, 0.4) is 0 Å². The highest BCUT2D eigenvalue weighted by molar-refractivity contribution is 9.10. The lowest BCUT2D eigenvalue weighted by Crippen LogP contribution is -2.46. The Morgan fingerprint density at radius 3 is 1.52 bits per heavy atom. The number of anilines is 6. The number of piperazine rings is 2. The van der Waals surface area contributed by atoms with Gasteiger partial charge < -0.3 is 50.5 Å². The summed E-state index contributed by atoms with van der Waals surface area (Å²) in [5, 5.41) is 14.5. The smallest absolute Gasteiger partial charge is 0.276 e. The minimum atomic E-state index is -0.519. The van der Waals surface area contributed by atoms with Crippen molar-refractivity contribution < 1.29 is 24.0 Å². The van der Waals surface area contributed by atoms with Gasteiger partial charge in [-0.2, -0.15) is 0 Å². The van der Waals surface area contributed by atoms with E-state index < -0.39 is 23.6 Å². The molecule has 2 fully saturated rings. The predicted octanol–water partition coefficient (Wildman–Crippen LogP) is 9.82. The zero-order valence-electron chi connectivity index (χ0n) is 44.7.